The summed E-state index contributed by atoms with van der Waals surface area (Å²) in [6.07, 6.45) is -0.144. The van der Waals surface area contributed by atoms with E-state index in [1.54, 1.807) is 0 Å². The number of hydrogen-bond donors (Lipinski definition) is 1. The second kappa shape index (κ2) is 12.3. The third-order valence-corrected chi connectivity index (χ3v) is 11.9. The minimum Gasteiger partial charge on any atom is -0.467 e. The Morgan fingerprint density at radius 2 is 1.68 bits per heavy atom. The summed E-state index contributed by atoms with van der Waals surface area (Å²) >= 11 is 0. The number of methoxy groups -OCH3 is 1. The number of nitrogens with zero attached hydrogens (tertiary/aromatic N) is 1. The molecule has 38 heavy (non-hydrogen) atoms. The fourth-order valence-electron chi connectivity index (χ4n) is 3.92. The SMILES string of the molecule is COC(=O)[C@H](CC#C[Si](C)(C)C(C)(C)C)NC(=O)[C@@H]1Cc2ccccc2CN1C(=O)OCc1ccccc1. The molecule has 202 valence electrons. The quantitative estimate of drug-likeness (QED) is 0.325. The molecule has 0 unspecified atom stereocenters. The van der Waals surface area contributed by atoms with Crippen LogP contribution in [-0.2, 0) is 38.6 Å². The van der Waals surface area contributed by atoms with Gasteiger partial charge in [0.1, 0.15) is 26.8 Å². The van der Waals surface area contributed by atoms with Gasteiger partial charge in [0.25, 0.3) is 0 Å². The summed E-state index contributed by atoms with van der Waals surface area (Å²) in [5, 5.41) is 2.87. The van der Waals surface area contributed by atoms with E-state index in [9.17, 15) is 14.4 Å². The van der Waals surface area contributed by atoms with E-state index in [0.717, 1.165) is 16.7 Å². The lowest BCUT2D eigenvalue weighted by molar-refractivity contribution is -0.145. The molecule has 8 heteroatoms. The molecule has 2 aromatic rings. The van der Waals surface area contributed by atoms with Crippen molar-refractivity contribution in [3.05, 3.63) is 71.3 Å². The molecule has 2 aromatic carbocycles. The molecule has 0 fully saturated rings. The number of benzene rings is 2. The maximum absolute atomic E-state index is 13.5. The van der Waals surface area contributed by atoms with Gasteiger partial charge in [0.2, 0.25) is 5.91 Å². The number of ether oxygens (including phenoxy) is 2. The Bertz CT molecular complexity index is 1210. The van der Waals surface area contributed by atoms with Crippen LogP contribution in [0.2, 0.25) is 18.1 Å². The van der Waals surface area contributed by atoms with Crippen molar-refractivity contribution in [1.82, 2.24) is 10.2 Å². The summed E-state index contributed by atoms with van der Waals surface area (Å²) in [4.78, 5) is 40.7. The molecular weight excluding hydrogens is 496 g/mol. The number of carbonyl (C=O) groups is 3. The minimum absolute atomic E-state index is 0.0696. The highest BCUT2D eigenvalue weighted by Gasteiger charge is 2.37. The van der Waals surface area contributed by atoms with Crippen LogP contribution in [0.25, 0.3) is 0 Å². The third kappa shape index (κ3) is 7.26. The van der Waals surface area contributed by atoms with E-state index in [1.807, 2.05) is 54.6 Å². The predicted octanol–water partition coefficient (Wildman–Crippen LogP) is 4.85. The summed E-state index contributed by atoms with van der Waals surface area (Å²) in [6, 6.07) is 15.3. The van der Waals surface area contributed by atoms with Crippen molar-refractivity contribution in [3.63, 3.8) is 0 Å². The first kappa shape index (κ1) is 29.0. The van der Waals surface area contributed by atoms with E-state index in [1.165, 1.54) is 12.0 Å². The Labute approximate surface area is 226 Å². The number of amides is 2. The van der Waals surface area contributed by atoms with Crippen LogP contribution >= 0.6 is 0 Å². The van der Waals surface area contributed by atoms with Crippen LogP contribution in [0.3, 0.4) is 0 Å². The maximum atomic E-state index is 13.5. The number of esters is 1. The van der Waals surface area contributed by atoms with Gasteiger partial charge in [0.05, 0.1) is 13.7 Å². The van der Waals surface area contributed by atoms with Crippen molar-refractivity contribution in [3.8, 4) is 11.5 Å². The number of hydrogen-bond acceptors (Lipinski definition) is 5. The van der Waals surface area contributed by atoms with Crippen LogP contribution in [0, 0.1) is 11.5 Å². The van der Waals surface area contributed by atoms with E-state index in [2.05, 4.69) is 50.6 Å². The van der Waals surface area contributed by atoms with E-state index in [4.69, 9.17) is 9.47 Å². The fourth-order valence-corrected chi connectivity index (χ4v) is 4.84. The van der Waals surface area contributed by atoms with Gasteiger partial charge in [-0.1, -0.05) is 88.5 Å². The highest BCUT2D eigenvalue weighted by atomic mass is 28.3. The van der Waals surface area contributed by atoms with Gasteiger partial charge in [-0.25, -0.2) is 9.59 Å². The normalized spacial score (nSPS) is 15.8. The Balaban J connectivity index is 1.79. The Kier molecular flexibility index (Phi) is 9.39. The monoisotopic (exact) mass is 534 g/mol. The predicted molar refractivity (Wildman–Crippen MR) is 150 cm³/mol. The first-order valence-electron chi connectivity index (χ1n) is 12.9. The molecule has 0 bridgehead atoms. The lowest BCUT2D eigenvalue weighted by Crippen LogP contribution is -2.55. The smallest absolute Gasteiger partial charge is 0.411 e. The average molecular weight is 535 g/mol. The second-order valence-electron chi connectivity index (χ2n) is 11.1. The van der Waals surface area contributed by atoms with Crippen LogP contribution in [0.5, 0.6) is 0 Å². The molecule has 7 nitrogen and oxygen atoms in total. The molecule has 1 heterocycles. The van der Waals surface area contributed by atoms with E-state index < -0.39 is 38.1 Å². The second-order valence-corrected chi connectivity index (χ2v) is 16.1. The molecule has 2 atom stereocenters. The molecule has 0 radical (unpaired) electrons. The molecule has 2 amide bonds. The lowest BCUT2D eigenvalue weighted by Gasteiger charge is -2.35. The first-order valence-corrected chi connectivity index (χ1v) is 15.9. The standard InChI is InChI=1S/C30H38N2O5Si/c1-30(2,3)38(5,6)18-12-17-25(28(34)36-4)31-27(33)26-19-23-15-10-11-16-24(23)20-32(26)29(35)37-21-22-13-8-7-9-14-22/h7-11,13-16,25-26H,17,19-21H2,1-6H3,(H,31,33)/t25-,26-/m0/s1. The number of nitrogens with one attached hydrogen (secondary N) is 1. The fraction of sp³-hybridized carbons (Fsp3) is 0.433. The zero-order valence-electron chi connectivity index (χ0n) is 23.2. The zero-order valence-corrected chi connectivity index (χ0v) is 24.2. The summed E-state index contributed by atoms with van der Waals surface area (Å²) in [6.45, 7) is 11.2. The van der Waals surface area contributed by atoms with E-state index >= 15 is 0 Å². The lowest BCUT2D eigenvalue weighted by atomic mass is 9.93. The van der Waals surface area contributed by atoms with Crippen molar-refractivity contribution >= 4 is 26.0 Å². The molecule has 3 rings (SSSR count). The Morgan fingerprint density at radius 1 is 1.05 bits per heavy atom. The van der Waals surface area contributed by atoms with Crippen LogP contribution < -0.4 is 5.32 Å². The number of rotatable bonds is 6. The summed E-state index contributed by atoms with van der Waals surface area (Å²) in [7, 11) is -0.602. The Hall–Kier alpha value is -3.57. The van der Waals surface area contributed by atoms with Gasteiger partial charge in [-0.3, -0.25) is 9.69 Å². The minimum atomic E-state index is -1.89. The average Bonchev–Trinajstić information content (AvgIpc) is 2.89. The largest absolute Gasteiger partial charge is 0.467 e. The van der Waals surface area contributed by atoms with Crippen LogP contribution in [-0.4, -0.2) is 50.1 Å². The van der Waals surface area contributed by atoms with Crippen molar-refractivity contribution < 1.29 is 23.9 Å². The van der Waals surface area contributed by atoms with Gasteiger partial charge in [0, 0.05) is 12.8 Å². The van der Waals surface area contributed by atoms with Gasteiger partial charge in [0.15, 0.2) is 0 Å². The molecular formula is C30H38N2O5Si. The van der Waals surface area contributed by atoms with Crippen LogP contribution in [0.4, 0.5) is 4.79 Å². The van der Waals surface area contributed by atoms with Gasteiger partial charge in [-0.15, -0.1) is 11.5 Å². The molecule has 1 aliphatic heterocycles. The van der Waals surface area contributed by atoms with Gasteiger partial charge in [-0.05, 0) is 21.7 Å². The molecule has 1 N–H and O–H groups in total. The highest BCUT2D eigenvalue weighted by molar-refractivity contribution is 6.87. The van der Waals surface area contributed by atoms with Gasteiger partial charge in [-0.2, -0.15) is 0 Å². The summed E-state index contributed by atoms with van der Waals surface area (Å²) in [5.41, 5.74) is 6.17. The van der Waals surface area contributed by atoms with Crippen LogP contribution in [0.15, 0.2) is 54.6 Å². The molecule has 0 spiro atoms. The third-order valence-electron chi connectivity index (χ3n) is 7.38. The highest BCUT2D eigenvalue weighted by Crippen LogP contribution is 2.35. The Morgan fingerprint density at radius 3 is 2.32 bits per heavy atom. The molecule has 0 saturated heterocycles. The molecule has 0 saturated carbocycles. The van der Waals surface area contributed by atoms with E-state index in [-0.39, 0.29) is 24.6 Å². The zero-order chi connectivity index (χ0) is 27.9. The van der Waals surface area contributed by atoms with Crippen molar-refractivity contribution in [2.45, 2.75) is 77.0 Å². The van der Waals surface area contributed by atoms with E-state index in [0.29, 0.717) is 6.42 Å². The topological polar surface area (TPSA) is 84.9 Å². The molecule has 0 aromatic heterocycles. The number of carbonyl (C=O) groups excluding carboxylic acids is 3. The van der Waals surface area contributed by atoms with Crippen molar-refractivity contribution in [2.24, 2.45) is 0 Å². The van der Waals surface area contributed by atoms with Crippen molar-refractivity contribution in [1.29, 1.82) is 0 Å². The van der Waals surface area contributed by atoms with Crippen LogP contribution in [0.1, 0.15) is 43.9 Å². The summed E-state index contributed by atoms with van der Waals surface area (Å²) in [5.74, 6) is 2.12. The molecule has 0 aliphatic carbocycles. The first-order chi connectivity index (χ1) is 17.9. The maximum Gasteiger partial charge on any atom is 0.411 e. The molecule has 1 aliphatic rings. The van der Waals surface area contributed by atoms with Crippen molar-refractivity contribution in [2.75, 3.05) is 7.11 Å². The number of fused-ring (bicyclic) bond motifs is 1. The van der Waals surface area contributed by atoms with Gasteiger partial charge < -0.3 is 14.8 Å². The summed E-state index contributed by atoms with van der Waals surface area (Å²) < 4.78 is 10.5. The van der Waals surface area contributed by atoms with Gasteiger partial charge >= 0.3 is 12.1 Å².